The number of nitrogens with zero attached hydrogens (tertiary/aromatic N) is 7. The molecule has 0 aliphatic carbocycles. The molecule has 1 saturated heterocycles. The zero-order chi connectivity index (χ0) is 22.1. The predicted molar refractivity (Wildman–Crippen MR) is 124 cm³/mol. The number of rotatable bonds is 4. The van der Waals surface area contributed by atoms with E-state index in [1.807, 2.05) is 25.4 Å². The van der Waals surface area contributed by atoms with Crippen molar-refractivity contribution in [1.82, 2.24) is 24.5 Å². The van der Waals surface area contributed by atoms with Crippen LogP contribution in [0.25, 0.3) is 11.0 Å². The Hall–Kier alpha value is -3.70. The lowest BCUT2D eigenvalue weighted by Gasteiger charge is -2.32. The monoisotopic (exact) mass is 444 g/mol. The Morgan fingerprint density at radius 2 is 1.88 bits per heavy atom. The first kappa shape index (κ1) is 20.2. The van der Waals surface area contributed by atoms with Crippen molar-refractivity contribution >= 4 is 40.1 Å². The van der Waals surface area contributed by atoms with E-state index in [-0.39, 0.29) is 0 Å². The minimum Gasteiger partial charge on any atom is -0.341 e. The number of piperidine rings is 1. The molecule has 0 saturated carbocycles. The molecule has 0 bridgehead atoms. The Morgan fingerprint density at radius 1 is 1.09 bits per heavy atom. The zero-order valence-corrected chi connectivity index (χ0v) is 18.3. The van der Waals surface area contributed by atoms with Crippen LogP contribution in [0.4, 0.5) is 17.5 Å². The average molecular weight is 445 g/mol. The second-order valence-corrected chi connectivity index (χ2v) is 8.30. The summed E-state index contributed by atoms with van der Waals surface area (Å²) in [6, 6.07) is 9.62. The number of aromatic nitrogens is 5. The van der Waals surface area contributed by atoms with Crippen LogP contribution in [0.15, 0.2) is 49.2 Å². The zero-order valence-electron chi connectivity index (χ0n) is 17.5. The van der Waals surface area contributed by atoms with Crippen LogP contribution in [0.2, 0.25) is 5.02 Å². The fourth-order valence-electron chi connectivity index (χ4n) is 4.07. The van der Waals surface area contributed by atoms with Crippen molar-refractivity contribution in [3.63, 3.8) is 0 Å². The maximum Gasteiger partial charge on any atom is 0.225 e. The third kappa shape index (κ3) is 3.83. The number of hydrogen-bond acceptors (Lipinski definition) is 7. The minimum atomic E-state index is 0.343. The summed E-state index contributed by atoms with van der Waals surface area (Å²) in [4.78, 5) is 20.1. The summed E-state index contributed by atoms with van der Waals surface area (Å²) in [6.07, 6.45) is 9.32. The molecule has 0 amide bonds. The largest absolute Gasteiger partial charge is 0.341 e. The molecule has 4 aromatic rings. The van der Waals surface area contributed by atoms with E-state index in [0.717, 1.165) is 48.5 Å². The van der Waals surface area contributed by atoms with Gasteiger partial charge >= 0.3 is 0 Å². The van der Waals surface area contributed by atoms with Crippen molar-refractivity contribution in [2.24, 2.45) is 0 Å². The van der Waals surface area contributed by atoms with Gasteiger partial charge in [-0.15, -0.1) is 0 Å². The third-order valence-corrected chi connectivity index (χ3v) is 6.08. The number of nitriles is 1. The molecule has 1 N–H and O–H groups in total. The van der Waals surface area contributed by atoms with Crippen molar-refractivity contribution < 1.29 is 0 Å². The molecule has 8 nitrogen and oxygen atoms in total. The van der Waals surface area contributed by atoms with Crippen LogP contribution in [0.1, 0.15) is 30.0 Å². The van der Waals surface area contributed by atoms with E-state index in [2.05, 4.69) is 47.0 Å². The number of halogens is 1. The van der Waals surface area contributed by atoms with Crippen LogP contribution in [-0.2, 0) is 0 Å². The fourth-order valence-corrected chi connectivity index (χ4v) is 4.30. The maximum atomic E-state index is 9.04. The van der Waals surface area contributed by atoms with Gasteiger partial charge in [0.25, 0.3) is 0 Å². The highest BCUT2D eigenvalue weighted by atomic mass is 35.5. The second-order valence-electron chi connectivity index (χ2n) is 7.89. The van der Waals surface area contributed by atoms with E-state index in [0.29, 0.717) is 28.1 Å². The van der Waals surface area contributed by atoms with Gasteiger partial charge in [0, 0.05) is 37.7 Å². The lowest BCUT2D eigenvalue weighted by molar-refractivity contribution is 0.401. The Labute approximate surface area is 190 Å². The first-order valence-electron chi connectivity index (χ1n) is 10.4. The van der Waals surface area contributed by atoms with Gasteiger partial charge in [-0.2, -0.15) is 5.26 Å². The first-order valence-corrected chi connectivity index (χ1v) is 10.8. The van der Waals surface area contributed by atoms with Gasteiger partial charge < -0.3 is 14.8 Å². The highest BCUT2D eigenvalue weighted by Gasteiger charge is 2.24. The Bertz CT molecular complexity index is 1300. The predicted octanol–water partition coefficient (Wildman–Crippen LogP) is 4.64. The van der Waals surface area contributed by atoms with E-state index < -0.39 is 0 Å². The molecule has 160 valence electrons. The van der Waals surface area contributed by atoms with Crippen LogP contribution >= 0.6 is 11.6 Å². The van der Waals surface area contributed by atoms with Crippen molar-refractivity contribution in [1.29, 1.82) is 5.26 Å². The lowest BCUT2D eigenvalue weighted by atomic mass is 10.1. The van der Waals surface area contributed by atoms with E-state index in [9.17, 15) is 0 Å². The van der Waals surface area contributed by atoms with Gasteiger partial charge in [-0.3, -0.25) is 0 Å². The molecule has 32 heavy (non-hydrogen) atoms. The van der Waals surface area contributed by atoms with Crippen molar-refractivity contribution in [2.75, 3.05) is 23.3 Å². The normalized spacial score (nSPS) is 14.5. The summed E-state index contributed by atoms with van der Waals surface area (Å²) in [7, 11) is 0. The van der Waals surface area contributed by atoms with E-state index in [4.69, 9.17) is 16.9 Å². The van der Waals surface area contributed by atoms with Crippen molar-refractivity contribution in [3.8, 4) is 6.07 Å². The van der Waals surface area contributed by atoms with Crippen molar-refractivity contribution in [3.05, 3.63) is 65.3 Å². The molecule has 0 spiro atoms. The Kier molecular flexibility index (Phi) is 5.33. The van der Waals surface area contributed by atoms with Crippen LogP contribution in [-0.4, -0.2) is 37.6 Å². The van der Waals surface area contributed by atoms with Gasteiger partial charge in [0.15, 0.2) is 0 Å². The van der Waals surface area contributed by atoms with Crippen LogP contribution in [0.3, 0.4) is 0 Å². The van der Waals surface area contributed by atoms with Crippen LogP contribution in [0.5, 0.6) is 0 Å². The summed E-state index contributed by atoms with van der Waals surface area (Å²) in [6.45, 7) is 3.78. The molecule has 0 radical (unpaired) electrons. The second kappa shape index (κ2) is 8.44. The summed E-state index contributed by atoms with van der Waals surface area (Å²) in [5.41, 5.74) is 3.16. The van der Waals surface area contributed by atoms with E-state index in [1.54, 1.807) is 24.5 Å². The number of fused-ring (bicyclic) bond motifs is 1. The van der Waals surface area contributed by atoms with Gasteiger partial charge in [0.1, 0.15) is 17.8 Å². The summed E-state index contributed by atoms with van der Waals surface area (Å²) in [5.74, 6) is 1.48. The van der Waals surface area contributed by atoms with Crippen molar-refractivity contribution in [2.45, 2.75) is 25.8 Å². The highest BCUT2D eigenvalue weighted by Crippen LogP contribution is 2.32. The first-order chi connectivity index (χ1) is 15.6. The Balaban J connectivity index is 1.35. The molecular formula is C23H21ClN8. The molecule has 9 heteroatoms. The van der Waals surface area contributed by atoms with Gasteiger partial charge in [-0.25, -0.2) is 19.9 Å². The standard InChI is InChI=1S/C23H21ClN8/c1-15-12-26-23(27-13-15)31-7-4-17(5-8-31)32-9-6-18-21(28-14-29-22(18)32)30-20-3-2-16(11-25)10-19(20)24/h2-3,6,9-10,12-14,17H,4-5,7-8H2,1H3,(H,28,29,30). The average Bonchev–Trinajstić information content (AvgIpc) is 3.26. The molecule has 1 aliphatic heterocycles. The van der Waals surface area contributed by atoms with E-state index in [1.165, 1.54) is 0 Å². The molecule has 0 unspecified atom stereocenters. The maximum absolute atomic E-state index is 9.04. The quantitative estimate of drug-likeness (QED) is 0.489. The van der Waals surface area contributed by atoms with Gasteiger partial charge in [-0.1, -0.05) is 11.6 Å². The lowest BCUT2D eigenvalue weighted by Crippen LogP contribution is -2.35. The molecule has 0 atom stereocenters. The van der Waals surface area contributed by atoms with Crippen LogP contribution in [0, 0.1) is 18.3 Å². The number of nitrogens with one attached hydrogen (secondary N) is 1. The molecule has 3 aromatic heterocycles. The Morgan fingerprint density at radius 3 is 2.59 bits per heavy atom. The van der Waals surface area contributed by atoms with Gasteiger partial charge in [-0.05, 0) is 49.6 Å². The highest BCUT2D eigenvalue weighted by molar-refractivity contribution is 6.33. The number of aryl methyl sites for hydroxylation is 1. The van der Waals surface area contributed by atoms with E-state index >= 15 is 0 Å². The number of hydrogen-bond donors (Lipinski definition) is 1. The minimum absolute atomic E-state index is 0.343. The van der Waals surface area contributed by atoms with Gasteiger partial charge in [0.05, 0.1) is 27.7 Å². The number of benzene rings is 1. The number of anilines is 3. The molecule has 1 aromatic carbocycles. The van der Waals surface area contributed by atoms with Gasteiger partial charge in [0.2, 0.25) is 5.95 Å². The summed E-state index contributed by atoms with van der Waals surface area (Å²) >= 11 is 6.33. The third-order valence-electron chi connectivity index (χ3n) is 5.77. The smallest absolute Gasteiger partial charge is 0.225 e. The SMILES string of the molecule is Cc1cnc(N2CCC(n3ccc4c(Nc5ccc(C#N)cc5Cl)ncnc43)CC2)nc1. The summed E-state index contributed by atoms with van der Waals surface area (Å²) < 4.78 is 2.23. The summed E-state index contributed by atoms with van der Waals surface area (Å²) in [5, 5.41) is 13.7. The molecule has 1 aliphatic rings. The fraction of sp³-hybridized carbons (Fsp3) is 0.261. The molecular weight excluding hydrogens is 424 g/mol. The topological polar surface area (TPSA) is 95.6 Å². The molecule has 1 fully saturated rings. The molecule has 5 rings (SSSR count). The van der Waals surface area contributed by atoms with Crippen LogP contribution < -0.4 is 10.2 Å². The molecule has 4 heterocycles.